The maximum atomic E-state index is 6.16. The first-order valence-electron chi connectivity index (χ1n) is 5.47. The summed E-state index contributed by atoms with van der Waals surface area (Å²) in [6, 6.07) is 1.08. The third kappa shape index (κ3) is 2.54. The SMILES string of the molecule is C[C@@H]1CNC[C@H](C)N1Cc1csc(Cl)c1Cl. The number of nitrogens with one attached hydrogen (secondary N) is 1. The van der Waals surface area contributed by atoms with Crippen LogP contribution in [0.2, 0.25) is 9.36 Å². The monoisotopic (exact) mass is 278 g/mol. The summed E-state index contributed by atoms with van der Waals surface area (Å²) in [5.41, 5.74) is 1.15. The summed E-state index contributed by atoms with van der Waals surface area (Å²) in [4.78, 5) is 2.47. The highest BCUT2D eigenvalue weighted by Gasteiger charge is 2.25. The summed E-state index contributed by atoms with van der Waals surface area (Å²) in [5.74, 6) is 0. The number of thiophene rings is 1. The van der Waals surface area contributed by atoms with E-state index in [9.17, 15) is 0 Å². The van der Waals surface area contributed by atoms with Crippen molar-refractivity contribution in [3.8, 4) is 0 Å². The van der Waals surface area contributed by atoms with E-state index in [2.05, 4.69) is 29.4 Å². The smallest absolute Gasteiger partial charge is 0.112 e. The lowest BCUT2D eigenvalue weighted by Crippen LogP contribution is -2.54. The van der Waals surface area contributed by atoms with Crippen molar-refractivity contribution in [1.29, 1.82) is 0 Å². The van der Waals surface area contributed by atoms with Crippen LogP contribution in [0.15, 0.2) is 5.38 Å². The van der Waals surface area contributed by atoms with Crippen LogP contribution in [0.1, 0.15) is 19.4 Å². The van der Waals surface area contributed by atoms with Gasteiger partial charge < -0.3 is 5.32 Å². The second-order valence-corrected chi connectivity index (χ2v) is 6.24. The lowest BCUT2D eigenvalue weighted by Gasteiger charge is -2.39. The minimum Gasteiger partial charge on any atom is -0.314 e. The Morgan fingerprint density at radius 1 is 1.38 bits per heavy atom. The molecule has 16 heavy (non-hydrogen) atoms. The molecule has 0 amide bonds. The Bertz CT molecular complexity index is 357. The second-order valence-electron chi connectivity index (χ2n) is 4.38. The summed E-state index contributed by atoms with van der Waals surface area (Å²) in [6.45, 7) is 7.46. The molecule has 0 bridgehead atoms. The molecule has 1 aromatic heterocycles. The molecule has 1 aliphatic heterocycles. The Balaban J connectivity index is 2.10. The van der Waals surface area contributed by atoms with Crippen molar-refractivity contribution in [2.45, 2.75) is 32.5 Å². The van der Waals surface area contributed by atoms with Crippen LogP contribution in [0.4, 0.5) is 0 Å². The molecular formula is C11H16Cl2N2S. The van der Waals surface area contributed by atoms with Gasteiger partial charge in [-0.05, 0) is 24.8 Å². The average molecular weight is 279 g/mol. The third-order valence-electron chi connectivity index (χ3n) is 3.12. The molecule has 2 nitrogen and oxygen atoms in total. The zero-order valence-electron chi connectivity index (χ0n) is 9.46. The fourth-order valence-corrected chi connectivity index (χ4v) is 3.38. The number of halogens is 2. The Morgan fingerprint density at radius 3 is 2.50 bits per heavy atom. The van der Waals surface area contributed by atoms with Crippen LogP contribution >= 0.6 is 34.5 Å². The predicted molar refractivity (Wildman–Crippen MR) is 71.7 cm³/mol. The van der Waals surface area contributed by atoms with E-state index in [1.54, 1.807) is 0 Å². The van der Waals surface area contributed by atoms with Crippen molar-refractivity contribution >= 4 is 34.5 Å². The number of hydrogen-bond donors (Lipinski definition) is 1. The van der Waals surface area contributed by atoms with Crippen molar-refractivity contribution in [3.05, 3.63) is 20.3 Å². The molecule has 0 aliphatic carbocycles. The van der Waals surface area contributed by atoms with Crippen LogP contribution in [0.25, 0.3) is 0 Å². The first-order valence-corrected chi connectivity index (χ1v) is 7.11. The first kappa shape index (κ1) is 12.7. The van der Waals surface area contributed by atoms with Crippen LogP contribution in [-0.2, 0) is 6.54 Å². The topological polar surface area (TPSA) is 15.3 Å². The molecule has 90 valence electrons. The van der Waals surface area contributed by atoms with E-state index in [-0.39, 0.29) is 0 Å². The van der Waals surface area contributed by atoms with E-state index in [1.807, 2.05) is 0 Å². The molecule has 0 aromatic carbocycles. The quantitative estimate of drug-likeness (QED) is 0.894. The average Bonchev–Trinajstić information content (AvgIpc) is 2.55. The second kappa shape index (κ2) is 5.23. The Kier molecular flexibility index (Phi) is 4.14. The summed E-state index contributed by atoms with van der Waals surface area (Å²) in [7, 11) is 0. The lowest BCUT2D eigenvalue weighted by atomic mass is 10.1. The summed E-state index contributed by atoms with van der Waals surface area (Å²) in [6.07, 6.45) is 0. The van der Waals surface area contributed by atoms with E-state index in [0.717, 1.165) is 30.2 Å². The van der Waals surface area contributed by atoms with E-state index in [1.165, 1.54) is 11.3 Å². The first-order chi connectivity index (χ1) is 7.59. The van der Waals surface area contributed by atoms with E-state index >= 15 is 0 Å². The molecule has 0 spiro atoms. The van der Waals surface area contributed by atoms with Gasteiger partial charge >= 0.3 is 0 Å². The van der Waals surface area contributed by atoms with Crippen LogP contribution in [-0.4, -0.2) is 30.1 Å². The lowest BCUT2D eigenvalue weighted by molar-refractivity contribution is 0.109. The molecule has 1 saturated heterocycles. The van der Waals surface area contributed by atoms with Crippen molar-refractivity contribution in [1.82, 2.24) is 10.2 Å². The number of rotatable bonds is 2. The molecule has 2 atom stereocenters. The van der Waals surface area contributed by atoms with Crippen LogP contribution in [0.5, 0.6) is 0 Å². The fourth-order valence-electron chi connectivity index (χ4n) is 2.14. The largest absolute Gasteiger partial charge is 0.314 e. The van der Waals surface area contributed by atoms with Gasteiger partial charge in [0.25, 0.3) is 0 Å². The van der Waals surface area contributed by atoms with Crippen LogP contribution < -0.4 is 5.32 Å². The standard InChI is InChI=1S/C11H16Cl2N2S/c1-7-3-14-4-8(2)15(7)5-9-6-16-11(13)10(9)12/h6-8,14H,3-5H2,1-2H3/t7-,8+. The van der Waals surface area contributed by atoms with Gasteiger partial charge in [-0.3, -0.25) is 4.90 Å². The molecule has 1 aliphatic rings. The molecule has 2 rings (SSSR count). The van der Waals surface area contributed by atoms with Gasteiger partial charge in [-0.1, -0.05) is 23.2 Å². The highest BCUT2D eigenvalue weighted by molar-refractivity contribution is 7.15. The molecule has 1 aromatic rings. The van der Waals surface area contributed by atoms with Crippen molar-refractivity contribution in [2.24, 2.45) is 0 Å². The van der Waals surface area contributed by atoms with E-state index in [4.69, 9.17) is 23.2 Å². The van der Waals surface area contributed by atoms with E-state index < -0.39 is 0 Å². The maximum absolute atomic E-state index is 6.16. The van der Waals surface area contributed by atoms with Gasteiger partial charge in [0, 0.05) is 31.7 Å². The predicted octanol–water partition coefficient (Wildman–Crippen LogP) is 3.24. The Morgan fingerprint density at radius 2 is 2.00 bits per heavy atom. The van der Waals surface area contributed by atoms with Crippen LogP contribution in [0, 0.1) is 0 Å². The highest BCUT2D eigenvalue weighted by atomic mass is 35.5. The normalized spacial score (nSPS) is 27.2. The minimum atomic E-state index is 0.540. The Hall–Kier alpha value is 0.200. The molecule has 1 N–H and O–H groups in total. The van der Waals surface area contributed by atoms with Gasteiger partial charge in [0.05, 0.1) is 5.02 Å². The van der Waals surface area contributed by atoms with Gasteiger partial charge in [0.15, 0.2) is 0 Å². The van der Waals surface area contributed by atoms with Gasteiger partial charge in [0.2, 0.25) is 0 Å². The fraction of sp³-hybridized carbons (Fsp3) is 0.636. The van der Waals surface area contributed by atoms with Crippen molar-refractivity contribution in [2.75, 3.05) is 13.1 Å². The molecule has 0 radical (unpaired) electrons. The number of piperazine rings is 1. The van der Waals surface area contributed by atoms with Crippen molar-refractivity contribution < 1.29 is 0 Å². The summed E-state index contributed by atoms with van der Waals surface area (Å²) in [5, 5.41) is 6.21. The maximum Gasteiger partial charge on any atom is 0.112 e. The van der Waals surface area contributed by atoms with Gasteiger partial charge in [-0.2, -0.15) is 0 Å². The Labute approximate surface area is 111 Å². The van der Waals surface area contributed by atoms with Crippen molar-refractivity contribution in [3.63, 3.8) is 0 Å². The van der Waals surface area contributed by atoms with Gasteiger partial charge in [-0.25, -0.2) is 0 Å². The highest BCUT2D eigenvalue weighted by Crippen LogP contribution is 2.33. The molecule has 5 heteroatoms. The third-order valence-corrected chi connectivity index (χ3v) is 5.03. The zero-order valence-corrected chi connectivity index (χ0v) is 11.8. The minimum absolute atomic E-state index is 0.540. The number of nitrogens with zero attached hydrogens (tertiary/aromatic N) is 1. The molecule has 2 heterocycles. The van der Waals surface area contributed by atoms with Crippen LogP contribution in [0.3, 0.4) is 0 Å². The molecule has 0 unspecified atom stereocenters. The molecule has 0 saturated carbocycles. The molecular weight excluding hydrogens is 263 g/mol. The number of hydrogen-bond acceptors (Lipinski definition) is 3. The van der Waals surface area contributed by atoms with Gasteiger partial charge in [0.1, 0.15) is 4.34 Å². The molecule has 1 fully saturated rings. The zero-order chi connectivity index (χ0) is 11.7. The van der Waals surface area contributed by atoms with Gasteiger partial charge in [-0.15, -0.1) is 11.3 Å². The van der Waals surface area contributed by atoms with E-state index in [0.29, 0.717) is 16.4 Å². The summed E-state index contributed by atoms with van der Waals surface area (Å²) < 4.78 is 0.701. The summed E-state index contributed by atoms with van der Waals surface area (Å²) >= 11 is 13.6.